The third-order valence-corrected chi connectivity index (χ3v) is 3.45. The molecule has 1 aliphatic rings. The number of hydrogen-bond donors (Lipinski definition) is 1. The molecule has 1 aliphatic heterocycles. The van der Waals surface area contributed by atoms with Crippen molar-refractivity contribution in [2.75, 3.05) is 13.1 Å². The molecule has 19 heavy (non-hydrogen) atoms. The van der Waals surface area contributed by atoms with Crippen LogP contribution in [-0.2, 0) is 11.3 Å². The van der Waals surface area contributed by atoms with Crippen molar-refractivity contribution in [1.82, 2.24) is 14.9 Å². The van der Waals surface area contributed by atoms with E-state index < -0.39 is 5.97 Å². The molecule has 6 heteroatoms. The van der Waals surface area contributed by atoms with E-state index in [1.54, 1.807) is 13.1 Å². The van der Waals surface area contributed by atoms with Gasteiger partial charge in [-0.05, 0) is 19.0 Å². The molecule has 6 nitrogen and oxygen atoms in total. The van der Waals surface area contributed by atoms with E-state index in [0.29, 0.717) is 31.0 Å². The molecule has 1 fully saturated rings. The van der Waals surface area contributed by atoms with Crippen molar-refractivity contribution >= 4 is 17.1 Å². The summed E-state index contributed by atoms with van der Waals surface area (Å²) in [6.45, 7) is 3.85. The minimum Gasteiger partial charge on any atom is -0.481 e. The summed E-state index contributed by atoms with van der Waals surface area (Å²) >= 11 is 0. The maximum Gasteiger partial charge on any atom is 0.307 e. The van der Waals surface area contributed by atoms with Gasteiger partial charge < -0.3 is 9.52 Å². The summed E-state index contributed by atoms with van der Waals surface area (Å²) < 4.78 is 5.38. The lowest BCUT2D eigenvalue weighted by Crippen LogP contribution is -2.23. The highest BCUT2D eigenvalue weighted by molar-refractivity contribution is 5.72. The lowest BCUT2D eigenvalue weighted by Gasteiger charge is -2.14. The van der Waals surface area contributed by atoms with Crippen LogP contribution in [0, 0.1) is 12.8 Å². The van der Waals surface area contributed by atoms with Gasteiger partial charge in [-0.3, -0.25) is 14.7 Å². The predicted molar refractivity (Wildman–Crippen MR) is 67.6 cm³/mol. The fourth-order valence-corrected chi connectivity index (χ4v) is 2.48. The Morgan fingerprint density at radius 2 is 2.47 bits per heavy atom. The molecule has 0 radical (unpaired) electrons. The van der Waals surface area contributed by atoms with E-state index >= 15 is 0 Å². The number of fused-ring (bicyclic) bond motifs is 1. The van der Waals surface area contributed by atoms with Gasteiger partial charge in [0.05, 0.1) is 17.8 Å². The zero-order valence-electron chi connectivity index (χ0n) is 10.7. The van der Waals surface area contributed by atoms with E-state index in [-0.39, 0.29) is 5.92 Å². The first-order valence-electron chi connectivity index (χ1n) is 6.29. The topological polar surface area (TPSA) is 79.5 Å². The summed E-state index contributed by atoms with van der Waals surface area (Å²) in [7, 11) is 0. The Morgan fingerprint density at radius 3 is 3.21 bits per heavy atom. The zero-order chi connectivity index (χ0) is 13.4. The van der Waals surface area contributed by atoms with Crippen LogP contribution in [0.5, 0.6) is 0 Å². The highest BCUT2D eigenvalue weighted by atomic mass is 16.4. The van der Waals surface area contributed by atoms with Gasteiger partial charge in [-0.2, -0.15) is 0 Å². The van der Waals surface area contributed by atoms with Gasteiger partial charge in [0.1, 0.15) is 5.52 Å². The summed E-state index contributed by atoms with van der Waals surface area (Å²) in [5.74, 6) is -0.336. The second-order valence-electron chi connectivity index (χ2n) is 4.94. The molecule has 0 bridgehead atoms. The minimum absolute atomic E-state index is 0.252. The normalized spacial score (nSPS) is 20.2. The van der Waals surface area contributed by atoms with E-state index in [2.05, 4.69) is 14.9 Å². The molecule has 1 unspecified atom stereocenters. The molecule has 3 heterocycles. The average Bonchev–Trinajstić information content (AvgIpc) is 2.94. The zero-order valence-corrected chi connectivity index (χ0v) is 10.7. The molecule has 1 saturated heterocycles. The van der Waals surface area contributed by atoms with Crippen LogP contribution in [-0.4, -0.2) is 39.0 Å². The second-order valence-corrected chi connectivity index (χ2v) is 4.94. The number of aromatic nitrogens is 2. The van der Waals surface area contributed by atoms with Crippen LogP contribution in [0.15, 0.2) is 16.7 Å². The van der Waals surface area contributed by atoms with Crippen molar-refractivity contribution in [3.63, 3.8) is 0 Å². The summed E-state index contributed by atoms with van der Waals surface area (Å²) in [5, 5.41) is 8.98. The Kier molecular flexibility index (Phi) is 2.94. The number of likely N-dealkylation sites (tertiary alicyclic amines) is 1. The molecule has 2 aromatic heterocycles. The van der Waals surface area contributed by atoms with E-state index in [1.807, 2.05) is 6.07 Å². The summed E-state index contributed by atoms with van der Waals surface area (Å²) in [4.78, 5) is 21.6. The molecular weight excluding hydrogens is 246 g/mol. The molecule has 100 valence electrons. The van der Waals surface area contributed by atoms with Gasteiger partial charge in [0.15, 0.2) is 11.5 Å². The van der Waals surface area contributed by atoms with E-state index in [9.17, 15) is 4.79 Å². The number of hydrogen-bond acceptors (Lipinski definition) is 5. The number of oxazole rings is 1. The maximum absolute atomic E-state index is 10.9. The summed E-state index contributed by atoms with van der Waals surface area (Å²) in [6.07, 6.45) is 2.38. The average molecular weight is 261 g/mol. The lowest BCUT2D eigenvalue weighted by molar-refractivity contribution is -0.141. The number of pyridine rings is 1. The van der Waals surface area contributed by atoms with Crippen molar-refractivity contribution in [1.29, 1.82) is 0 Å². The second kappa shape index (κ2) is 4.62. The Labute approximate surface area is 110 Å². The van der Waals surface area contributed by atoms with Crippen LogP contribution in [0.2, 0.25) is 0 Å². The third-order valence-electron chi connectivity index (χ3n) is 3.45. The Bertz CT molecular complexity index is 623. The minimum atomic E-state index is -0.710. The van der Waals surface area contributed by atoms with E-state index in [1.165, 1.54) is 0 Å². The number of carbonyl (C=O) groups is 1. The quantitative estimate of drug-likeness (QED) is 0.900. The maximum atomic E-state index is 10.9. The fourth-order valence-electron chi connectivity index (χ4n) is 2.48. The molecule has 0 saturated carbocycles. The van der Waals surface area contributed by atoms with E-state index in [4.69, 9.17) is 9.52 Å². The smallest absolute Gasteiger partial charge is 0.307 e. The fraction of sp³-hybridized carbons (Fsp3) is 0.462. The number of aliphatic carboxylic acids is 1. The summed E-state index contributed by atoms with van der Waals surface area (Å²) in [5.41, 5.74) is 2.38. The molecule has 3 rings (SSSR count). The Morgan fingerprint density at radius 1 is 1.63 bits per heavy atom. The molecule has 0 aromatic carbocycles. The molecular formula is C13H15N3O3. The van der Waals surface area contributed by atoms with Crippen molar-refractivity contribution in [2.24, 2.45) is 5.92 Å². The van der Waals surface area contributed by atoms with Crippen LogP contribution < -0.4 is 0 Å². The summed E-state index contributed by atoms with van der Waals surface area (Å²) in [6, 6.07) is 1.90. The van der Waals surface area contributed by atoms with Gasteiger partial charge in [-0.1, -0.05) is 0 Å². The van der Waals surface area contributed by atoms with Crippen molar-refractivity contribution in [3.05, 3.63) is 23.8 Å². The third kappa shape index (κ3) is 2.44. The monoisotopic (exact) mass is 261 g/mol. The van der Waals surface area contributed by atoms with E-state index in [0.717, 1.165) is 17.8 Å². The first kappa shape index (κ1) is 12.1. The number of aryl methyl sites for hydroxylation is 1. The van der Waals surface area contributed by atoms with Crippen LogP contribution in [0.25, 0.3) is 11.1 Å². The van der Waals surface area contributed by atoms with Crippen molar-refractivity contribution in [3.8, 4) is 0 Å². The Hall–Kier alpha value is -1.95. The van der Waals surface area contributed by atoms with Crippen molar-refractivity contribution < 1.29 is 14.3 Å². The highest BCUT2D eigenvalue weighted by Gasteiger charge is 2.28. The molecule has 0 amide bonds. The first-order chi connectivity index (χ1) is 9.11. The van der Waals surface area contributed by atoms with Gasteiger partial charge in [0, 0.05) is 20.0 Å². The van der Waals surface area contributed by atoms with Crippen molar-refractivity contribution in [2.45, 2.75) is 19.9 Å². The SMILES string of the molecule is Cc1nc2cc(CN3CCC(C(=O)O)C3)ncc2o1. The van der Waals surface area contributed by atoms with Gasteiger partial charge in [-0.15, -0.1) is 0 Å². The number of rotatable bonds is 3. The molecule has 2 aromatic rings. The van der Waals surface area contributed by atoms with Gasteiger partial charge in [0.2, 0.25) is 0 Å². The van der Waals surface area contributed by atoms with Gasteiger partial charge in [-0.25, -0.2) is 4.98 Å². The lowest BCUT2D eigenvalue weighted by atomic mass is 10.1. The predicted octanol–water partition coefficient (Wildman–Crippen LogP) is 1.44. The number of carboxylic acids is 1. The van der Waals surface area contributed by atoms with Crippen LogP contribution in [0.3, 0.4) is 0 Å². The number of carboxylic acid groups (broad SMARTS) is 1. The largest absolute Gasteiger partial charge is 0.481 e. The molecule has 0 aliphatic carbocycles. The van der Waals surface area contributed by atoms with Crippen LogP contribution in [0.1, 0.15) is 18.0 Å². The molecule has 1 atom stereocenters. The Balaban J connectivity index is 1.73. The van der Waals surface area contributed by atoms with Crippen LogP contribution in [0.4, 0.5) is 0 Å². The number of nitrogens with zero attached hydrogens (tertiary/aromatic N) is 3. The van der Waals surface area contributed by atoms with Gasteiger partial charge >= 0.3 is 5.97 Å². The first-order valence-corrected chi connectivity index (χ1v) is 6.29. The molecule has 1 N–H and O–H groups in total. The van der Waals surface area contributed by atoms with Crippen LogP contribution >= 0.6 is 0 Å². The molecule has 0 spiro atoms. The highest BCUT2D eigenvalue weighted by Crippen LogP contribution is 2.20. The van der Waals surface area contributed by atoms with Gasteiger partial charge in [0.25, 0.3) is 0 Å². The standard InChI is InChI=1S/C13H15N3O3/c1-8-15-11-4-10(14-5-12(11)19-8)7-16-3-2-9(6-16)13(17)18/h4-5,9H,2-3,6-7H2,1H3,(H,17,18).